The molecule has 0 aliphatic rings. The van der Waals surface area contributed by atoms with E-state index in [1.807, 2.05) is 0 Å². The zero-order valence-corrected chi connectivity index (χ0v) is 16.6. The predicted molar refractivity (Wildman–Crippen MR) is 108 cm³/mol. The maximum absolute atomic E-state index is 13.3. The molecule has 1 heterocycles. The van der Waals surface area contributed by atoms with Crippen molar-refractivity contribution in [3.8, 4) is 5.69 Å². The molecule has 0 bridgehead atoms. The highest BCUT2D eigenvalue weighted by Crippen LogP contribution is 2.19. The summed E-state index contributed by atoms with van der Waals surface area (Å²) in [5, 5.41) is 3.20. The average Bonchev–Trinajstić information content (AvgIpc) is 2.69. The number of benzene rings is 2. The minimum Gasteiger partial charge on any atom is -0.383 e. The number of ether oxygens (including phenoxy) is 1. The van der Waals surface area contributed by atoms with Crippen LogP contribution in [0.15, 0.2) is 52.1 Å². The smallest absolute Gasteiger partial charge is 0.336 e. The summed E-state index contributed by atoms with van der Waals surface area (Å²) in [6, 6.07) is 8.50. The lowest BCUT2D eigenvalue weighted by Gasteiger charge is -2.19. The van der Waals surface area contributed by atoms with E-state index in [2.05, 4.69) is 5.32 Å². The van der Waals surface area contributed by atoms with Gasteiger partial charge in [-0.2, -0.15) is 0 Å². The first-order valence-corrected chi connectivity index (χ1v) is 9.22. The van der Waals surface area contributed by atoms with Gasteiger partial charge in [-0.05, 0) is 49.4 Å². The molecule has 0 aliphatic carbocycles. The van der Waals surface area contributed by atoms with E-state index in [-0.39, 0.29) is 23.1 Å². The Balaban J connectivity index is 2.26. The number of hydrogen-bond donors (Lipinski definition) is 1. The van der Waals surface area contributed by atoms with E-state index in [1.165, 1.54) is 42.0 Å². The van der Waals surface area contributed by atoms with Crippen LogP contribution in [-0.4, -0.2) is 35.3 Å². The lowest BCUT2D eigenvalue weighted by atomic mass is 10.2. The van der Waals surface area contributed by atoms with Crippen LogP contribution in [0.25, 0.3) is 16.6 Å². The van der Waals surface area contributed by atoms with E-state index in [9.17, 15) is 18.8 Å². The van der Waals surface area contributed by atoms with Gasteiger partial charge in [-0.1, -0.05) is 11.6 Å². The number of hydrogen-bond acceptors (Lipinski definition) is 4. The monoisotopic (exact) mass is 419 g/mol. The third-order valence-corrected chi connectivity index (χ3v) is 4.74. The fourth-order valence-electron chi connectivity index (χ4n) is 3.04. The molecule has 1 aromatic heterocycles. The Morgan fingerprint density at radius 2 is 1.90 bits per heavy atom. The first kappa shape index (κ1) is 20.8. The van der Waals surface area contributed by atoms with Crippen molar-refractivity contribution in [3.63, 3.8) is 0 Å². The Hall–Kier alpha value is -2.97. The molecule has 9 heteroatoms. The van der Waals surface area contributed by atoms with Crippen LogP contribution in [-0.2, 0) is 9.53 Å². The molecule has 0 saturated heterocycles. The number of halogens is 2. The van der Waals surface area contributed by atoms with E-state index in [0.717, 1.165) is 16.7 Å². The Morgan fingerprint density at radius 3 is 2.55 bits per heavy atom. The zero-order chi connectivity index (χ0) is 21.1. The number of carbonyl (C=O) groups is 1. The number of nitrogens with one attached hydrogen (secondary N) is 1. The first-order valence-electron chi connectivity index (χ1n) is 8.84. The molecular weight excluding hydrogens is 401 g/mol. The van der Waals surface area contributed by atoms with Gasteiger partial charge in [0.1, 0.15) is 11.9 Å². The minimum atomic E-state index is -0.937. The van der Waals surface area contributed by atoms with Gasteiger partial charge in [0.25, 0.3) is 5.56 Å². The summed E-state index contributed by atoms with van der Waals surface area (Å²) >= 11 is 6.07. The highest BCUT2D eigenvalue weighted by molar-refractivity contribution is 6.31. The maximum Gasteiger partial charge on any atom is 0.336 e. The molecule has 1 atom stereocenters. The van der Waals surface area contributed by atoms with Gasteiger partial charge in [0.2, 0.25) is 5.91 Å². The zero-order valence-electron chi connectivity index (χ0n) is 15.8. The van der Waals surface area contributed by atoms with Crippen molar-refractivity contribution >= 4 is 28.4 Å². The Kier molecular flexibility index (Phi) is 6.14. The molecule has 0 aliphatic heterocycles. The quantitative estimate of drug-likeness (QED) is 0.621. The summed E-state index contributed by atoms with van der Waals surface area (Å²) in [7, 11) is 1.51. The topological polar surface area (TPSA) is 82.3 Å². The van der Waals surface area contributed by atoms with Crippen LogP contribution >= 0.6 is 11.6 Å². The van der Waals surface area contributed by atoms with Gasteiger partial charge < -0.3 is 10.1 Å². The molecule has 7 nitrogen and oxygen atoms in total. The molecule has 0 unspecified atom stereocenters. The van der Waals surface area contributed by atoms with Gasteiger partial charge in [-0.25, -0.2) is 13.8 Å². The van der Waals surface area contributed by atoms with E-state index in [0.29, 0.717) is 11.6 Å². The third kappa shape index (κ3) is 4.08. The number of carbonyl (C=O) groups excluding carboxylic acids is 1. The molecular formula is C20H19ClFN3O4. The minimum absolute atomic E-state index is 0.194. The molecule has 3 rings (SSSR count). The lowest BCUT2D eigenvalue weighted by molar-refractivity contribution is -0.124. The summed E-state index contributed by atoms with van der Waals surface area (Å²) in [6.45, 7) is 2.13. The normalized spacial score (nSPS) is 12.1. The van der Waals surface area contributed by atoms with Crippen molar-refractivity contribution in [1.29, 1.82) is 0 Å². The van der Waals surface area contributed by atoms with Crippen LogP contribution in [0.2, 0.25) is 5.02 Å². The molecule has 0 radical (unpaired) electrons. The number of fused-ring (bicyclic) bond motifs is 1. The second-order valence-corrected chi connectivity index (χ2v) is 6.83. The van der Waals surface area contributed by atoms with E-state index in [4.69, 9.17) is 16.3 Å². The number of aromatic nitrogens is 2. The molecule has 2 aromatic carbocycles. The van der Waals surface area contributed by atoms with Crippen molar-refractivity contribution in [1.82, 2.24) is 14.5 Å². The number of rotatable bonds is 6. The van der Waals surface area contributed by atoms with Crippen LogP contribution in [0.4, 0.5) is 4.39 Å². The Labute approximate surface area is 170 Å². The van der Waals surface area contributed by atoms with Gasteiger partial charge in [0, 0.05) is 18.7 Å². The van der Waals surface area contributed by atoms with Crippen molar-refractivity contribution < 1.29 is 13.9 Å². The number of amides is 1. The molecule has 0 spiro atoms. The predicted octanol–water partition coefficient (Wildman–Crippen LogP) is 2.27. The van der Waals surface area contributed by atoms with Gasteiger partial charge in [0.15, 0.2) is 0 Å². The SMILES string of the molecule is COCCNC(=O)[C@H](C)n1c(=O)n(-c2ccc(F)cc2)c(=O)c2ccc(Cl)cc21. The second kappa shape index (κ2) is 8.59. The van der Waals surface area contributed by atoms with Crippen molar-refractivity contribution in [3.05, 3.63) is 74.1 Å². The Morgan fingerprint density at radius 1 is 1.21 bits per heavy atom. The summed E-state index contributed by atoms with van der Waals surface area (Å²) in [5.41, 5.74) is -0.887. The second-order valence-electron chi connectivity index (χ2n) is 6.39. The highest BCUT2D eigenvalue weighted by Gasteiger charge is 2.22. The van der Waals surface area contributed by atoms with Gasteiger partial charge in [-0.3, -0.25) is 14.2 Å². The molecule has 3 aromatic rings. The molecule has 1 amide bonds. The molecule has 1 N–H and O–H groups in total. The van der Waals surface area contributed by atoms with Crippen LogP contribution in [0.1, 0.15) is 13.0 Å². The van der Waals surface area contributed by atoms with Crippen LogP contribution < -0.4 is 16.6 Å². The van der Waals surface area contributed by atoms with Crippen molar-refractivity contribution in [2.24, 2.45) is 0 Å². The van der Waals surface area contributed by atoms with Gasteiger partial charge in [0.05, 0.1) is 23.2 Å². The molecule has 152 valence electrons. The van der Waals surface area contributed by atoms with Crippen LogP contribution in [0, 0.1) is 5.82 Å². The number of nitrogens with zero attached hydrogens (tertiary/aromatic N) is 2. The maximum atomic E-state index is 13.3. The fraction of sp³-hybridized carbons (Fsp3) is 0.250. The molecule has 29 heavy (non-hydrogen) atoms. The third-order valence-electron chi connectivity index (χ3n) is 4.51. The van der Waals surface area contributed by atoms with Gasteiger partial charge >= 0.3 is 5.69 Å². The highest BCUT2D eigenvalue weighted by atomic mass is 35.5. The Bertz CT molecular complexity index is 1170. The first-order chi connectivity index (χ1) is 13.8. The molecule has 0 fully saturated rings. The van der Waals surface area contributed by atoms with E-state index >= 15 is 0 Å². The number of methoxy groups -OCH3 is 1. The van der Waals surface area contributed by atoms with E-state index < -0.39 is 29.0 Å². The van der Waals surface area contributed by atoms with Gasteiger partial charge in [-0.15, -0.1) is 0 Å². The summed E-state index contributed by atoms with van der Waals surface area (Å²) in [5.74, 6) is -0.921. The van der Waals surface area contributed by atoms with Crippen molar-refractivity contribution in [2.75, 3.05) is 20.3 Å². The standard InChI is InChI=1S/C20H19ClFN3O4/c1-12(18(26)23-9-10-29-2)24-17-11-13(21)3-8-16(17)19(27)25(20(24)28)15-6-4-14(22)5-7-15/h3-8,11-12H,9-10H2,1-2H3,(H,23,26)/t12-/m0/s1. The summed E-state index contributed by atoms with van der Waals surface area (Å²) in [6.07, 6.45) is 0. The van der Waals surface area contributed by atoms with Crippen LogP contribution in [0.3, 0.4) is 0 Å². The van der Waals surface area contributed by atoms with Crippen LogP contribution in [0.5, 0.6) is 0 Å². The fourth-order valence-corrected chi connectivity index (χ4v) is 3.20. The molecule has 0 saturated carbocycles. The summed E-state index contributed by atoms with van der Waals surface area (Å²) < 4.78 is 20.3. The van der Waals surface area contributed by atoms with Crippen molar-refractivity contribution in [2.45, 2.75) is 13.0 Å². The lowest BCUT2D eigenvalue weighted by Crippen LogP contribution is -2.44. The summed E-state index contributed by atoms with van der Waals surface area (Å²) in [4.78, 5) is 38.8. The average molecular weight is 420 g/mol. The largest absolute Gasteiger partial charge is 0.383 e. The van der Waals surface area contributed by atoms with E-state index in [1.54, 1.807) is 6.92 Å².